The van der Waals surface area contributed by atoms with Crippen LogP contribution in [0.15, 0.2) is 4.99 Å². The highest BCUT2D eigenvalue weighted by atomic mass is 16.5. The maximum absolute atomic E-state index is 11.1. The molecule has 0 aliphatic carbocycles. The van der Waals surface area contributed by atoms with Crippen LogP contribution >= 0.6 is 0 Å². The van der Waals surface area contributed by atoms with Crippen LogP contribution in [0.25, 0.3) is 0 Å². The van der Waals surface area contributed by atoms with Crippen molar-refractivity contribution in [2.45, 2.75) is 64.7 Å². The number of unbranched alkanes of at least 4 members (excludes halogenated alkanes) is 6. The number of hydrogen-bond donors (Lipinski definition) is 1. The molecule has 0 heterocycles. The van der Waals surface area contributed by atoms with Crippen molar-refractivity contribution in [1.82, 2.24) is 0 Å². The van der Waals surface area contributed by atoms with E-state index in [0.717, 1.165) is 51.4 Å². The molecule has 110 valence electrons. The second-order valence-electron chi connectivity index (χ2n) is 4.48. The van der Waals surface area contributed by atoms with Crippen molar-refractivity contribution in [1.29, 1.82) is 0 Å². The molecule has 19 heavy (non-hydrogen) atoms. The van der Waals surface area contributed by atoms with Gasteiger partial charge in [0, 0.05) is 12.6 Å². The van der Waals surface area contributed by atoms with Crippen LogP contribution in [-0.2, 0) is 9.53 Å². The van der Waals surface area contributed by atoms with E-state index in [2.05, 4.69) is 4.99 Å². The van der Waals surface area contributed by atoms with Crippen molar-refractivity contribution in [3.63, 3.8) is 0 Å². The summed E-state index contributed by atoms with van der Waals surface area (Å²) in [6.07, 6.45) is 8.72. The largest absolute Gasteiger partial charge is 0.481 e. The molecule has 0 aromatic rings. The summed E-state index contributed by atoms with van der Waals surface area (Å²) in [4.78, 5) is 25.0. The van der Waals surface area contributed by atoms with E-state index in [-0.39, 0.29) is 6.42 Å². The van der Waals surface area contributed by atoms with E-state index < -0.39 is 12.1 Å². The average molecular weight is 271 g/mol. The Morgan fingerprint density at radius 3 is 2.47 bits per heavy atom. The summed E-state index contributed by atoms with van der Waals surface area (Å²) in [5.74, 6) is -0.728. The van der Waals surface area contributed by atoms with Gasteiger partial charge in [0.1, 0.15) is 0 Å². The van der Waals surface area contributed by atoms with E-state index in [1.807, 2.05) is 6.92 Å². The van der Waals surface area contributed by atoms with Gasteiger partial charge in [-0.2, -0.15) is 4.99 Å². The van der Waals surface area contributed by atoms with Gasteiger partial charge in [0.15, 0.2) is 0 Å². The fraction of sp³-hybridized carbons (Fsp3) is 0.786. The quantitative estimate of drug-likeness (QED) is 0.458. The second kappa shape index (κ2) is 13.1. The number of carboxylic acid groups (broad SMARTS) is 1. The molecule has 0 aromatic heterocycles. The van der Waals surface area contributed by atoms with Crippen LogP contribution in [-0.4, -0.2) is 30.0 Å². The highest BCUT2D eigenvalue weighted by molar-refractivity contribution is 5.79. The zero-order valence-corrected chi connectivity index (χ0v) is 11.8. The van der Waals surface area contributed by atoms with Gasteiger partial charge in [-0.1, -0.05) is 32.6 Å². The number of carbonyl (C=O) groups excluding carboxylic acids is 1. The van der Waals surface area contributed by atoms with Crippen LogP contribution in [0.1, 0.15) is 64.7 Å². The summed E-state index contributed by atoms with van der Waals surface area (Å²) in [5, 5.41) is 8.45. The van der Waals surface area contributed by atoms with Gasteiger partial charge in [-0.05, 0) is 25.7 Å². The van der Waals surface area contributed by atoms with Crippen molar-refractivity contribution in [3.05, 3.63) is 0 Å². The molecule has 5 heteroatoms. The highest BCUT2D eigenvalue weighted by Crippen LogP contribution is 2.06. The number of aliphatic carboxylic acids is 1. The van der Waals surface area contributed by atoms with Gasteiger partial charge in [-0.25, -0.2) is 4.79 Å². The first-order valence-electron chi connectivity index (χ1n) is 7.08. The number of nitrogens with zero attached hydrogens (tertiary/aromatic N) is 1. The molecule has 0 aromatic carbocycles. The van der Waals surface area contributed by atoms with Gasteiger partial charge >= 0.3 is 12.1 Å². The van der Waals surface area contributed by atoms with Crippen LogP contribution in [0.5, 0.6) is 0 Å². The normalized spacial score (nSPS) is 10.8. The predicted octanol–water partition coefficient (Wildman–Crippen LogP) is 3.81. The fourth-order valence-corrected chi connectivity index (χ4v) is 1.52. The summed E-state index contributed by atoms with van der Waals surface area (Å²) in [7, 11) is 0. The van der Waals surface area contributed by atoms with Crippen LogP contribution in [0.2, 0.25) is 0 Å². The Balaban J connectivity index is 3.28. The molecule has 5 nitrogen and oxygen atoms in total. The summed E-state index contributed by atoms with van der Waals surface area (Å²) in [5.41, 5.74) is 0. The monoisotopic (exact) mass is 271 g/mol. The van der Waals surface area contributed by atoms with E-state index in [1.54, 1.807) is 6.21 Å². The Morgan fingerprint density at radius 2 is 1.79 bits per heavy atom. The number of ether oxygens (including phenoxy) is 1. The summed E-state index contributed by atoms with van der Waals surface area (Å²) in [6.45, 7) is 2.48. The molecule has 0 aliphatic rings. The molecule has 0 aliphatic heterocycles. The van der Waals surface area contributed by atoms with Gasteiger partial charge in [-0.3, -0.25) is 4.79 Å². The number of carbonyl (C=O) groups is 2. The van der Waals surface area contributed by atoms with Crippen molar-refractivity contribution < 1.29 is 19.4 Å². The topological polar surface area (TPSA) is 76.0 Å². The molecule has 0 rings (SSSR count). The average Bonchev–Trinajstić information content (AvgIpc) is 2.36. The highest BCUT2D eigenvalue weighted by Gasteiger charge is 1.97. The first-order chi connectivity index (χ1) is 9.16. The van der Waals surface area contributed by atoms with Gasteiger partial charge in [0.05, 0.1) is 6.61 Å². The zero-order valence-electron chi connectivity index (χ0n) is 11.8. The lowest BCUT2D eigenvalue weighted by atomic mass is 10.1. The van der Waals surface area contributed by atoms with Gasteiger partial charge < -0.3 is 9.84 Å². The number of rotatable bonds is 11. The molecule has 0 saturated carbocycles. The molecule has 0 atom stereocenters. The molecular formula is C14H25NO4. The summed E-state index contributed by atoms with van der Waals surface area (Å²) < 4.78 is 4.87. The molecule has 0 saturated heterocycles. The van der Waals surface area contributed by atoms with E-state index in [1.165, 1.54) is 0 Å². The van der Waals surface area contributed by atoms with E-state index in [4.69, 9.17) is 9.84 Å². The van der Waals surface area contributed by atoms with E-state index in [0.29, 0.717) is 6.61 Å². The SMILES string of the molecule is CCCCOC(=O)N=CCCCCCCCC(=O)O. The lowest BCUT2D eigenvalue weighted by Gasteiger charge is -1.99. The van der Waals surface area contributed by atoms with Crippen LogP contribution in [0, 0.1) is 0 Å². The molecule has 0 bridgehead atoms. The molecule has 0 spiro atoms. The number of aliphatic imine (C=N–C) groups is 1. The molecule has 0 radical (unpaired) electrons. The van der Waals surface area contributed by atoms with Crippen molar-refractivity contribution in [2.24, 2.45) is 4.99 Å². The second-order valence-corrected chi connectivity index (χ2v) is 4.48. The van der Waals surface area contributed by atoms with Gasteiger partial charge in [0.25, 0.3) is 0 Å². The lowest BCUT2D eigenvalue weighted by molar-refractivity contribution is -0.137. The van der Waals surface area contributed by atoms with Crippen molar-refractivity contribution >= 4 is 18.3 Å². The Kier molecular flexibility index (Phi) is 12.1. The maximum atomic E-state index is 11.1. The minimum Gasteiger partial charge on any atom is -0.481 e. The molecule has 0 unspecified atom stereocenters. The van der Waals surface area contributed by atoms with Crippen LogP contribution in [0.4, 0.5) is 4.79 Å². The minimum atomic E-state index is -0.728. The van der Waals surface area contributed by atoms with Crippen molar-refractivity contribution in [3.8, 4) is 0 Å². The van der Waals surface area contributed by atoms with Crippen molar-refractivity contribution in [2.75, 3.05) is 6.61 Å². The molecular weight excluding hydrogens is 246 g/mol. The number of carboxylic acids is 1. The smallest absolute Gasteiger partial charge is 0.433 e. The summed E-state index contributed by atoms with van der Waals surface area (Å²) in [6, 6.07) is 0. The van der Waals surface area contributed by atoms with E-state index >= 15 is 0 Å². The summed E-state index contributed by atoms with van der Waals surface area (Å²) >= 11 is 0. The third-order valence-electron chi connectivity index (χ3n) is 2.64. The fourth-order valence-electron chi connectivity index (χ4n) is 1.52. The molecule has 0 fully saturated rings. The third-order valence-corrected chi connectivity index (χ3v) is 2.64. The van der Waals surface area contributed by atoms with Crippen LogP contribution < -0.4 is 0 Å². The zero-order chi connectivity index (χ0) is 14.3. The Labute approximate surface area is 115 Å². The number of hydrogen-bond acceptors (Lipinski definition) is 3. The molecule has 1 N–H and O–H groups in total. The Bertz CT molecular complexity index is 277. The first kappa shape index (κ1) is 17.6. The first-order valence-corrected chi connectivity index (χ1v) is 7.08. The Hall–Kier alpha value is -1.39. The van der Waals surface area contributed by atoms with Crippen LogP contribution in [0.3, 0.4) is 0 Å². The third kappa shape index (κ3) is 14.6. The standard InChI is InChI=1S/C14H25NO4/c1-2-3-12-19-14(18)15-11-9-7-5-4-6-8-10-13(16)17/h11H,2-10,12H2,1H3,(H,16,17). The van der Waals surface area contributed by atoms with Gasteiger partial charge in [0.2, 0.25) is 0 Å². The molecule has 1 amide bonds. The number of amides is 1. The lowest BCUT2D eigenvalue weighted by Crippen LogP contribution is -2.00. The maximum Gasteiger partial charge on any atom is 0.433 e. The predicted molar refractivity (Wildman–Crippen MR) is 74.7 cm³/mol. The minimum absolute atomic E-state index is 0.255. The van der Waals surface area contributed by atoms with E-state index in [9.17, 15) is 9.59 Å². The Morgan fingerprint density at radius 1 is 1.11 bits per heavy atom. The van der Waals surface area contributed by atoms with Gasteiger partial charge in [-0.15, -0.1) is 0 Å².